The second-order valence-electron chi connectivity index (χ2n) is 32.0. The van der Waals surface area contributed by atoms with Gasteiger partial charge in [-0.15, -0.1) is 0 Å². The molecular weight excluding hydrogens is 1470 g/mol. The second-order valence-corrected chi connectivity index (χ2v) is 39.0. The van der Waals surface area contributed by atoms with Crippen LogP contribution in [0.2, 0.25) is 25.3 Å². The lowest BCUT2D eigenvalue weighted by molar-refractivity contribution is -0.145. The average molecular weight is 1580 g/mol. The smallest absolute Gasteiger partial charge is 0.451 e. The first-order valence-corrected chi connectivity index (χ1v) is 40.8. The number of carboxylic acid groups (broad SMARTS) is 4. The molecule has 48 heteroatoms. The van der Waals surface area contributed by atoms with Gasteiger partial charge < -0.3 is 106 Å². The van der Waals surface area contributed by atoms with E-state index in [2.05, 4.69) is 0 Å². The number of hydrogen-bond acceptors (Lipinski definition) is 30. The molecule has 0 radical (unpaired) electrons. The summed E-state index contributed by atoms with van der Waals surface area (Å²) in [6.45, 7) is 6.58. The van der Waals surface area contributed by atoms with Crippen molar-refractivity contribution in [3.05, 3.63) is 0 Å². The van der Waals surface area contributed by atoms with E-state index < -0.39 is 197 Å². The molecule has 40 nitrogen and oxygen atoms in total. The van der Waals surface area contributed by atoms with Gasteiger partial charge in [-0.05, 0) is 150 Å². The van der Waals surface area contributed by atoms with Gasteiger partial charge in [0.1, 0.15) is 27.8 Å². The highest BCUT2D eigenvalue weighted by Crippen LogP contribution is 2.60. The molecule has 4 saturated heterocycles. The zero-order valence-electron chi connectivity index (χ0n) is 60.9. The van der Waals surface area contributed by atoms with Crippen LogP contribution in [0.4, 0.5) is 0 Å². The van der Waals surface area contributed by atoms with Crippen LogP contribution in [0.1, 0.15) is 150 Å². The number of likely N-dealkylation sites (N-methyl/N-ethyl adjacent to an activating group) is 2. The number of nitrogens with two attached hydrogens (primary N) is 8. The molecule has 9 aliphatic rings. The van der Waals surface area contributed by atoms with Crippen molar-refractivity contribution in [3.63, 3.8) is 0 Å². The molecule has 0 bridgehead atoms. The van der Waals surface area contributed by atoms with Gasteiger partial charge in [0.2, 0.25) is 0 Å². The van der Waals surface area contributed by atoms with Crippen molar-refractivity contribution in [2.45, 2.75) is 243 Å². The third kappa shape index (κ3) is 20.1. The topological polar surface area (TPSA) is 694 Å². The third-order valence-electron chi connectivity index (χ3n) is 24.0. The summed E-state index contributed by atoms with van der Waals surface area (Å²) in [7, 11) is -19.3. The largest absolute Gasteiger partial charge is 0.480 e. The first kappa shape index (κ1) is 90.9. The van der Waals surface area contributed by atoms with Crippen LogP contribution in [0.25, 0.3) is 0 Å². The molecule has 9 rings (SSSR count). The maximum absolute atomic E-state index is 13.2. The van der Waals surface area contributed by atoms with Crippen molar-refractivity contribution >= 4 is 93.4 Å². The van der Waals surface area contributed by atoms with Crippen LogP contribution < -0.4 is 45.9 Å². The number of carbonyl (C=O) groups is 4. The molecular formula is C57H114B4N14O26S4. The lowest BCUT2D eigenvalue weighted by Crippen LogP contribution is -2.61. The number of aliphatic carboxylic acids is 4. The van der Waals surface area contributed by atoms with Crippen LogP contribution in [0.5, 0.6) is 0 Å². The molecule has 1 unspecified atom stereocenters. The SMILES string of the molecule is CC(C)(OS(=O)(=O)N1C[C@H](CCCB(O)O)[C@](N)(C(=O)O)C1)C1(N)CC1.CC(OS(=O)(=O)N1C[C@H](CCCB(O)O)[C@](N)(C(=O)O)C1)C1(N)CC1.CN(C(C)(C)C1(N)CC1)S(=O)(=O)N1C[C@H](CCCB(O)O)[C@](N)(C(=O)O)C1.CN(C1(C2(N)CC2)CC1)S(=O)(=O)N1C[C@H](CCCB(O)O)[C@](N)(C(=O)O)C1. The minimum atomic E-state index is -4.23. The van der Waals surface area contributed by atoms with Crippen molar-refractivity contribution in [2.24, 2.45) is 69.5 Å². The average Bonchev–Trinajstić information content (AvgIpc) is 1.53. The van der Waals surface area contributed by atoms with E-state index in [4.69, 9.17) is 94.4 Å². The monoisotopic (exact) mass is 1580 g/mol. The van der Waals surface area contributed by atoms with Crippen LogP contribution in [0.15, 0.2) is 0 Å². The van der Waals surface area contributed by atoms with E-state index in [1.165, 1.54) is 22.7 Å². The van der Waals surface area contributed by atoms with Gasteiger partial charge in [0.25, 0.3) is 20.4 Å². The summed E-state index contributed by atoms with van der Waals surface area (Å²) in [5.41, 5.74) is 36.8. The predicted molar refractivity (Wildman–Crippen MR) is 383 cm³/mol. The van der Waals surface area contributed by atoms with E-state index in [0.717, 1.165) is 42.9 Å². The standard InChI is InChI=1S/C15H29BN4O6S.C15H31BN4O6S.C14H28BN3O7S.C13H26BN3O7S/c1-19(14(6-7-14)13(17)4-5-13)27(25,26)20-9-11(3-2-8-16(23)24)15(18,10-20)12(21)22;1-13(2,14(17)6-7-14)19(3)27(25,26)20-9-11(5-4-8-16(23)24)15(18,10-20)12(21)22;1-12(2,13(16)5-6-13)25-26(23,24)18-8-10(4-3-7-15(21)22)14(17,9-18)11(19)20;1-9(12(15)4-5-12)24-25(22,23)17-7-10(3-2-6-14(20)21)13(16,8-17)11(18)19/h11,23-24H,2-10,17-18H2,1H3,(H,21,22);11,23-24H,4-10,17-18H2,1-3H3,(H,21,22);10,21-22H,3-9,16-17H2,1-2H3,(H,19,20);9-10,20-21H,2-8,15-16H2,1H3,(H,18,19)/t2*11-,15-;10-,14-;9?,10-,13-/m0000/s1. The Labute approximate surface area is 616 Å². The molecule has 9 fully saturated rings. The van der Waals surface area contributed by atoms with Crippen molar-refractivity contribution in [3.8, 4) is 0 Å². The summed E-state index contributed by atoms with van der Waals surface area (Å²) >= 11 is 0. The van der Waals surface area contributed by atoms with E-state index in [1.54, 1.807) is 34.6 Å². The Hall–Kier alpha value is -3.02. The van der Waals surface area contributed by atoms with Gasteiger partial charge in [0, 0.05) is 118 Å². The summed E-state index contributed by atoms with van der Waals surface area (Å²) in [6.07, 6.45) is 8.99. The Morgan fingerprint density at radius 1 is 0.457 bits per heavy atom. The fourth-order valence-electron chi connectivity index (χ4n) is 14.6. The Bertz CT molecular complexity index is 3460. The lowest BCUT2D eigenvalue weighted by Gasteiger charge is -2.41. The van der Waals surface area contributed by atoms with Gasteiger partial charge in [0.05, 0.1) is 11.6 Å². The molecule has 0 spiro atoms. The van der Waals surface area contributed by atoms with Gasteiger partial charge in [-0.1, -0.05) is 25.7 Å². The minimum Gasteiger partial charge on any atom is -0.480 e. The van der Waals surface area contributed by atoms with Gasteiger partial charge in [-0.3, -0.25) is 23.4 Å². The van der Waals surface area contributed by atoms with Gasteiger partial charge in [-0.25, -0.2) is 4.18 Å². The summed E-state index contributed by atoms with van der Waals surface area (Å²) < 4.78 is 120. The summed E-state index contributed by atoms with van der Waals surface area (Å²) in [6, 6.07) is 0. The summed E-state index contributed by atoms with van der Waals surface area (Å²) in [5.74, 6) is -7.71. The zero-order chi connectivity index (χ0) is 80.1. The highest BCUT2D eigenvalue weighted by Gasteiger charge is 2.69. The molecule has 28 N–H and O–H groups in total. The van der Waals surface area contributed by atoms with Crippen molar-refractivity contribution in [1.82, 2.24) is 25.8 Å². The first-order chi connectivity index (χ1) is 47.7. The van der Waals surface area contributed by atoms with E-state index in [-0.39, 0.29) is 83.8 Å². The molecule has 0 amide bonds. The normalized spacial score (nSPS) is 29.9. The van der Waals surface area contributed by atoms with Crippen LogP contribution in [0.3, 0.4) is 0 Å². The summed E-state index contributed by atoms with van der Waals surface area (Å²) in [5, 5.41) is 110. The Morgan fingerprint density at radius 2 is 0.752 bits per heavy atom. The molecule has 0 aromatic rings. The maximum atomic E-state index is 13.2. The second kappa shape index (κ2) is 32.6. The summed E-state index contributed by atoms with van der Waals surface area (Å²) in [4.78, 5) is 46.8. The molecule has 0 aromatic heterocycles. The molecule has 604 valence electrons. The van der Waals surface area contributed by atoms with Crippen molar-refractivity contribution < 1.29 is 122 Å². The first-order valence-electron chi connectivity index (χ1n) is 35.3. The zero-order valence-corrected chi connectivity index (χ0v) is 64.2. The highest BCUT2D eigenvalue weighted by molar-refractivity contribution is 7.87. The Morgan fingerprint density at radius 3 is 1.03 bits per heavy atom. The minimum absolute atomic E-state index is 0.00928. The number of nitrogens with zero attached hydrogens (tertiary/aromatic N) is 6. The van der Waals surface area contributed by atoms with Crippen molar-refractivity contribution in [2.75, 3.05) is 66.5 Å². The highest BCUT2D eigenvalue weighted by atomic mass is 32.2. The van der Waals surface area contributed by atoms with Gasteiger partial charge >= 0.3 is 73.0 Å². The van der Waals surface area contributed by atoms with E-state index >= 15 is 0 Å². The van der Waals surface area contributed by atoms with Gasteiger partial charge in [-0.2, -0.15) is 59.5 Å². The molecule has 5 saturated carbocycles. The number of rotatable bonds is 36. The van der Waals surface area contributed by atoms with Crippen LogP contribution in [-0.4, -0.2) is 306 Å². The molecule has 4 aliphatic heterocycles. The fourth-order valence-corrected chi connectivity index (χ4v) is 21.3. The predicted octanol–water partition coefficient (Wildman–Crippen LogP) is -6.87. The fraction of sp³-hybridized carbons (Fsp3) is 0.930. The van der Waals surface area contributed by atoms with Crippen molar-refractivity contribution in [1.29, 1.82) is 0 Å². The van der Waals surface area contributed by atoms with E-state index in [0.29, 0.717) is 70.6 Å². The molecule has 4 heterocycles. The van der Waals surface area contributed by atoms with E-state index in [9.17, 15) is 73.3 Å². The molecule has 105 heavy (non-hydrogen) atoms. The van der Waals surface area contributed by atoms with Gasteiger partial charge in [0.15, 0.2) is 0 Å². The molecule has 9 atom stereocenters. The number of hydrogen-bond donors (Lipinski definition) is 20. The van der Waals surface area contributed by atoms with E-state index in [1.807, 2.05) is 0 Å². The molecule has 5 aliphatic carbocycles. The van der Waals surface area contributed by atoms with Crippen LogP contribution in [-0.2, 0) is 68.6 Å². The number of carboxylic acids is 4. The lowest BCUT2D eigenvalue weighted by atomic mass is 9.78. The Balaban J connectivity index is 0.000000220. The third-order valence-corrected chi connectivity index (χ3v) is 31.1. The van der Waals surface area contributed by atoms with Crippen LogP contribution >= 0.6 is 0 Å². The maximum Gasteiger partial charge on any atom is 0.451 e. The molecule has 0 aromatic carbocycles. The Kier molecular flexibility index (Phi) is 28.2. The van der Waals surface area contributed by atoms with Crippen LogP contribution in [0, 0.1) is 23.7 Å². The quantitative estimate of drug-likeness (QED) is 0.0259.